The van der Waals surface area contributed by atoms with Crippen LogP contribution in [0.4, 0.5) is 0 Å². The average molecular weight is 306 g/mol. The summed E-state index contributed by atoms with van der Waals surface area (Å²) in [5.74, 6) is 2.59. The van der Waals surface area contributed by atoms with E-state index in [9.17, 15) is 0 Å². The van der Waals surface area contributed by atoms with Gasteiger partial charge in [0.05, 0.1) is 7.11 Å². The molecule has 2 aromatic carbocycles. The lowest BCUT2D eigenvalue weighted by Crippen LogP contribution is -2.14. The molecule has 1 unspecified atom stereocenters. The van der Waals surface area contributed by atoms with Gasteiger partial charge in [-0.15, -0.1) is 11.8 Å². The second-order valence-corrected chi connectivity index (χ2v) is 6.09. The van der Waals surface area contributed by atoms with Crippen LogP contribution in [0.3, 0.4) is 0 Å². The van der Waals surface area contributed by atoms with Crippen molar-refractivity contribution in [2.75, 3.05) is 19.5 Å². The summed E-state index contributed by atoms with van der Waals surface area (Å²) in [5.41, 5.74) is 0. The number of ether oxygens (including phenoxy) is 2. The molecule has 20 heavy (non-hydrogen) atoms. The molecule has 0 aliphatic carbocycles. The van der Waals surface area contributed by atoms with Crippen molar-refractivity contribution < 1.29 is 9.47 Å². The Labute approximate surface area is 129 Å². The largest absolute Gasteiger partial charge is 0.497 e. The lowest BCUT2D eigenvalue weighted by molar-refractivity contribution is 0.323. The number of hydrogen-bond donors (Lipinski definition) is 1. The Morgan fingerprint density at radius 3 is 2.30 bits per heavy atom. The molecule has 106 valence electrons. The summed E-state index contributed by atoms with van der Waals surface area (Å²) in [5, 5.41) is 0.197. The van der Waals surface area contributed by atoms with Crippen molar-refractivity contribution in [3.05, 3.63) is 54.6 Å². The second-order valence-electron chi connectivity index (χ2n) is 4.26. The Hall–Kier alpha value is -1.26. The lowest BCUT2D eigenvalue weighted by atomic mass is 10.3. The zero-order valence-corrected chi connectivity index (χ0v) is 13.1. The van der Waals surface area contributed by atoms with Crippen LogP contribution in [0.1, 0.15) is 0 Å². The number of benzene rings is 2. The van der Waals surface area contributed by atoms with Crippen LogP contribution < -0.4 is 9.47 Å². The highest BCUT2D eigenvalue weighted by atomic mass is 32.2. The minimum atomic E-state index is 0.197. The summed E-state index contributed by atoms with van der Waals surface area (Å²) in [7, 11) is 1.65. The van der Waals surface area contributed by atoms with Gasteiger partial charge in [0.15, 0.2) is 0 Å². The third kappa shape index (κ3) is 5.02. The molecular formula is C16H18O2S2. The third-order valence-corrected chi connectivity index (χ3v) is 4.44. The van der Waals surface area contributed by atoms with Crippen LogP contribution >= 0.6 is 24.4 Å². The molecule has 0 heterocycles. The molecule has 4 heteroatoms. The zero-order valence-electron chi connectivity index (χ0n) is 11.4. The molecule has 1 atom stereocenters. The minimum Gasteiger partial charge on any atom is -0.497 e. The number of hydrogen-bond acceptors (Lipinski definition) is 4. The predicted molar refractivity (Wildman–Crippen MR) is 88.4 cm³/mol. The van der Waals surface area contributed by atoms with Gasteiger partial charge < -0.3 is 9.47 Å². The molecule has 0 N–H and O–H groups in total. The van der Waals surface area contributed by atoms with E-state index in [2.05, 4.69) is 24.8 Å². The number of methoxy groups -OCH3 is 1. The topological polar surface area (TPSA) is 18.5 Å². The average Bonchev–Trinajstić information content (AvgIpc) is 2.52. The first kappa shape index (κ1) is 15.1. The van der Waals surface area contributed by atoms with Gasteiger partial charge in [0.25, 0.3) is 0 Å². The Bertz CT molecular complexity index is 500. The van der Waals surface area contributed by atoms with Crippen LogP contribution in [0.2, 0.25) is 0 Å². The molecule has 0 amide bonds. The van der Waals surface area contributed by atoms with Crippen molar-refractivity contribution in [2.45, 2.75) is 10.1 Å². The van der Waals surface area contributed by atoms with Gasteiger partial charge in [-0.3, -0.25) is 0 Å². The van der Waals surface area contributed by atoms with E-state index in [0.29, 0.717) is 6.61 Å². The van der Waals surface area contributed by atoms with Crippen LogP contribution in [0.15, 0.2) is 59.5 Å². The van der Waals surface area contributed by atoms with E-state index < -0.39 is 0 Å². The van der Waals surface area contributed by atoms with Crippen LogP contribution in [0.25, 0.3) is 0 Å². The molecule has 2 aromatic rings. The smallest absolute Gasteiger partial charge is 0.119 e. The molecule has 2 rings (SSSR count). The first-order valence-electron chi connectivity index (χ1n) is 6.40. The zero-order chi connectivity index (χ0) is 14.2. The maximum absolute atomic E-state index is 5.71. The highest BCUT2D eigenvalue weighted by Crippen LogP contribution is 2.21. The van der Waals surface area contributed by atoms with Crippen molar-refractivity contribution in [1.29, 1.82) is 0 Å². The fourth-order valence-corrected chi connectivity index (χ4v) is 2.75. The number of rotatable bonds is 7. The van der Waals surface area contributed by atoms with E-state index in [-0.39, 0.29) is 5.25 Å². The summed E-state index contributed by atoms with van der Waals surface area (Å²) in [6.45, 7) is 0.593. The Balaban J connectivity index is 1.73. The standard InChI is InChI=1S/C16H18O2S2/c1-17-13-7-9-14(10-8-13)18-11-15(19)12-20-16-5-3-2-4-6-16/h2-10,15,19H,11-12H2,1H3. The van der Waals surface area contributed by atoms with Crippen molar-refractivity contribution >= 4 is 24.4 Å². The van der Waals surface area contributed by atoms with E-state index in [0.717, 1.165) is 17.3 Å². The Morgan fingerprint density at radius 2 is 1.65 bits per heavy atom. The summed E-state index contributed by atoms with van der Waals surface area (Å²) < 4.78 is 10.8. The minimum absolute atomic E-state index is 0.197. The van der Waals surface area contributed by atoms with Gasteiger partial charge >= 0.3 is 0 Å². The Kier molecular flexibility index (Phi) is 6.15. The molecule has 0 radical (unpaired) electrons. The number of thiol groups is 1. The van der Waals surface area contributed by atoms with Gasteiger partial charge in [-0.1, -0.05) is 18.2 Å². The van der Waals surface area contributed by atoms with Crippen LogP contribution in [-0.4, -0.2) is 24.7 Å². The predicted octanol–water partition coefficient (Wildman–Crippen LogP) is 4.16. The van der Waals surface area contributed by atoms with Gasteiger partial charge in [-0.05, 0) is 36.4 Å². The molecule has 0 aliphatic heterocycles. The van der Waals surface area contributed by atoms with Gasteiger partial charge in [-0.2, -0.15) is 12.6 Å². The molecule has 0 aromatic heterocycles. The van der Waals surface area contributed by atoms with Gasteiger partial charge in [0, 0.05) is 15.9 Å². The van der Waals surface area contributed by atoms with Crippen molar-refractivity contribution in [2.24, 2.45) is 0 Å². The third-order valence-electron chi connectivity index (χ3n) is 2.69. The SMILES string of the molecule is COc1ccc(OCC(S)CSc2ccccc2)cc1. The summed E-state index contributed by atoms with van der Waals surface area (Å²) in [6.07, 6.45) is 0. The van der Waals surface area contributed by atoms with Crippen LogP contribution in [-0.2, 0) is 0 Å². The van der Waals surface area contributed by atoms with E-state index in [4.69, 9.17) is 9.47 Å². The van der Waals surface area contributed by atoms with E-state index in [1.807, 2.05) is 42.5 Å². The van der Waals surface area contributed by atoms with E-state index in [1.54, 1.807) is 18.9 Å². The molecule has 0 saturated carbocycles. The summed E-state index contributed by atoms with van der Waals surface area (Å²) >= 11 is 6.35. The summed E-state index contributed by atoms with van der Waals surface area (Å²) in [4.78, 5) is 1.26. The maximum atomic E-state index is 5.71. The number of thioether (sulfide) groups is 1. The molecule has 0 aliphatic rings. The monoisotopic (exact) mass is 306 g/mol. The first-order valence-corrected chi connectivity index (χ1v) is 7.91. The van der Waals surface area contributed by atoms with Gasteiger partial charge in [0.1, 0.15) is 18.1 Å². The molecule has 0 spiro atoms. The first-order chi connectivity index (χ1) is 9.78. The van der Waals surface area contributed by atoms with E-state index in [1.165, 1.54) is 4.90 Å². The molecular weight excluding hydrogens is 288 g/mol. The lowest BCUT2D eigenvalue weighted by Gasteiger charge is -2.12. The second kappa shape index (κ2) is 8.12. The fourth-order valence-electron chi connectivity index (χ4n) is 1.62. The normalized spacial score (nSPS) is 11.9. The summed E-state index contributed by atoms with van der Waals surface area (Å²) in [6, 6.07) is 17.9. The molecule has 0 fully saturated rings. The highest BCUT2D eigenvalue weighted by Gasteiger charge is 2.05. The molecule has 0 saturated heterocycles. The highest BCUT2D eigenvalue weighted by molar-refractivity contribution is 8.00. The van der Waals surface area contributed by atoms with Crippen molar-refractivity contribution in [3.8, 4) is 11.5 Å². The fraction of sp³-hybridized carbons (Fsp3) is 0.250. The molecule has 2 nitrogen and oxygen atoms in total. The van der Waals surface area contributed by atoms with Crippen LogP contribution in [0, 0.1) is 0 Å². The van der Waals surface area contributed by atoms with Gasteiger partial charge in [0.2, 0.25) is 0 Å². The Morgan fingerprint density at radius 1 is 1.00 bits per heavy atom. The maximum Gasteiger partial charge on any atom is 0.119 e. The van der Waals surface area contributed by atoms with Gasteiger partial charge in [-0.25, -0.2) is 0 Å². The van der Waals surface area contributed by atoms with Crippen molar-refractivity contribution in [1.82, 2.24) is 0 Å². The van der Waals surface area contributed by atoms with Crippen LogP contribution in [0.5, 0.6) is 11.5 Å². The molecule has 0 bridgehead atoms. The van der Waals surface area contributed by atoms with Crippen molar-refractivity contribution in [3.63, 3.8) is 0 Å². The quantitative estimate of drug-likeness (QED) is 0.612. The van der Waals surface area contributed by atoms with E-state index >= 15 is 0 Å².